The summed E-state index contributed by atoms with van der Waals surface area (Å²) in [4.78, 5) is 7.52. The molecule has 0 aromatic heterocycles. The zero-order valence-corrected chi connectivity index (χ0v) is 12.9. The molecular formula is C13H28N4O2. The molecule has 1 rings (SSSR count). The number of nitrogens with one attached hydrogen (secondary N) is 3. The molecule has 1 fully saturated rings. The molecule has 0 aromatic carbocycles. The van der Waals surface area contributed by atoms with Gasteiger partial charge in [0, 0.05) is 19.1 Å². The molecule has 1 saturated heterocycles. The quantitative estimate of drug-likeness (QED) is 0.344. The van der Waals surface area contributed by atoms with Crippen LogP contribution in [0.3, 0.4) is 0 Å². The van der Waals surface area contributed by atoms with Crippen molar-refractivity contribution in [2.75, 3.05) is 13.6 Å². The summed E-state index contributed by atoms with van der Waals surface area (Å²) in [6.07, 6.45) is 0.130. The van der Waals surface area contributed by atoms with E-state index in [1.165, 1.54) is 0 Å². The molecule has 1 aliphatic rings. The Bertz CT molecular complexity index is 325. The van der Waals surface area contributed by atoms with Crippen LogP contribution < -0.4 is 10.8 Å². The lowest BCUT2D eigenvalue weighted by Gasteiger charge is -2.39. The van der Waals surface area contributed by atoms with Crippen LogP contribution in [0, 0.1) is 5.41 Å². The predicted molar refractivity (Wildman–Crippen MR) is 76.0 cm³/mol. The molecule has 0 bridgehead atoms. The zero-order valence-electron chi connectivity index (χ0n) is 12.9. The molecule has 0 radical (unpaired) electrons. The topological polar surface area (TPSA) is 80.6 Å². The largest absolute Gasteiger partial charge is 0.392 e. The van der Waals surface area contributed by atoms with E-state index in [0.717, 1.165) is 0 Å². The number of likely N-dealkylation sites (tertiary alicyclic amines) is 1. The fraction of sp³-hybridized carbons (Fsp3) is 0.923. The highest BCUT2D eigenvalue weighted by molar-refractivity contribution is 5.85. The summed E-state index contributed by atoms with van der Waals surface area (Å²) in [5.41, 5.74) is 1.95. The van der Waals surface area contributed by atoms with Crippen molar-refractivity contribution in [3.63, 3.8) is 0 Å². The third-order valence-electron chi connectivity index (χ3n) is 3.17. The van der Waals surface area contributed by atoms with Crippen LogP contribution in [-0.2, 0) is 4.84 Å². The molecule has 0 amide bonds. The van der Waals surface area contributed by atoms with Crippen molar-refractivity contribution in [1.82, 2.24) is 15.7 Å². The molecule has 2 atom stereocenters. The Morgan fingerprint density at radius 3 is 2.37 bits per heavy atom. The molecule has 4 N–H and O–H groups in total. The summed E-state index contributed by atoms with van der Waals surface area (Å²) in [7, 11) is 1.71. The molecule has 1 aliphatic heterocycles. The first-order valence-corrected chi connectivity index (χ1v) is 6.73. The van der Waals surface area contributed by atoms with Crippen LogP contribution in [0.15, 0.2) is 0 Å². The monoisotopic (exact) mass is 272 g/mol. The second-order valence-corrected chi connectivity index (χ2v) is 6.60. The summed E-state index contributed by atoms with van der Waals surface area (Å²) in [5, 5.41) is 21.3. The molecule has 6 nitrogen and oxygen atoms in total. The smallest absolute Gasteiger partial charge is 0.137 e. The van der Waals surface area contributed by atoms with Crippen molar-refractivity contribution < 1.29 is 9.94 Å². The Balaban J connectivity index is 2.83. The molecule has 0 saturated carbocycles. The highest BCUT2D eigenvalue weighted by atomic mass is 16.7. The van der Waals surface area contributed by atoms with E-state index in [0.29, 0.717) is 18.8 Å². The zero-order chi connectivity index (χ0) is 14.8. The summed E-state index contributed by atoms with van der Waals surface area (Å²) in [6, 6.07) is -0.155. The summed E-state index contributed by atoms with van der Waals surface area (Å²) in [5.74, 6) is 0.428. The lowest BCUT2D eigenvalue weighted by Crippen LogP contribution is -2.57. The maximum Gasteiger partial charge on any atom is 0.137 e. The normalized spacial score (nSPS) is 25.6. The van der Waals surface area contributed by atoms with Crippen molar-refractivity contribution in [1.29, 1.82) is 5.41 Å². The number of aliphatic hydroxyl groups is 1. The molecule has 1 heterocycles. The third-order valence-corrected chi connectivity index (χ3v) is 3.17. The van der Waals surface area contributed by atoms with Gasteiger partial charge in [0.1, 0.15) is 11.6 Å². The van der Waals surface area contributed by atoms with Crippen LogP contribution in [-0.4, -0.2) is 52.8 Å². The van der Waals surface area contributed by atoms with Crippen molar-refractivity contribution >= 4 is 5.84 Å². The van der Waals surface area contributed by atoms with Gasteiger partial charge in [0.2, 0.25) is 0 Å². The van der Waals surface area contributed by atoms with E-state index in [2.05, 4.69) is 10.8 Å². The van der Waals surface area contributed by atoms with Crippen molar-refractivity contribution in [2.24, 2.45) is 0 Å². The molecular weight excluding hydrogens is 244 g/mol. The van der Waals surface area contributed by atoms with E-state index < -0.39 is 11.8 Å². The van der Waals surface area contributed by atoms with Gasteiger partial charge in [-0.1, -0.05) is 0 Å². The first-order chi connectivity index (χ1) is 8.57. The van der Waals surface area contributed by atoms with Crippen LogP contribution in [0.2, 0.25) is 0 Å². The molecule has 1 unspecified atom stereocenters. The molecule has 6 heteroatoms. The first kappa shape index (κ1) is 16.4. The van der Waals surface area contributed by atoms with Gasteiger partial charge in [0.25, 0.3) is 0 Å². The van der Waals surface area contributed by atoms with E-state index in [4.69, 9.17) is 10.2 Å². The van der Waals surface area contributed by atoms with Crippen molar-refractivity contribution in [3.8, 4) is 0 Å². The first-order valence-electron chi connectivity index (χ1n) is 6.73. The van der Waals surface area contributed by atoms with E-state index in [9.17, 15) is 5.11 Å². The van der Waals surface area contributed by atoms with Crippen LogP contribution in [0.1, 0.15) is 41.0 Å². The minimum absolute atomic E-state index is 0.155. The van der Waals surface area contributed by atoms with Gasteiger partial charge in [-0.15, -0.1) is 0 Å². The van der Waals surface area contributed by atoms with Gasteiger partial charge in [0.15, 0.2) is 0 Å². The van der Waals surface area contributed by atoms with Gasteiger partial charge >= 0.3 is 0 Å². The number of hydrogen-bond acceptors (Lipinski definition) is 5. The fourth-order valence-corrected chi connectivity index (χ4v) is 2.48. The number of hydrogen-bond donors (Lipinski definition) is 4. The lowest BCUT2D eigenvalue weighted by molar-refractivity contribution is -0.169. The molecule has 0 spiro atoms. The van der Waals surface area contributed by atoms with Crippen LogP contribution in [0.4, 0.5) is 0 Å². The predicted octanol–water partition coefficient (Wildman–Crippen LogP) is 0.674. The standard InChI is InChI=1S/C13H28N4O2/c1-12(2,3)16-11(14)10-7-9(18)8-17(10)13(4,5)19-15-6/h9-10,15,18H,7-8H2,1-6H3,(H2,14,16)/t9-,10?/m1/s1. The van der Waals surface area contributed by atoms with Gasteiger partial charge in [-0.25, -0.2) is 5.48 Å². The third kappa shape index (κ3) is 4.42. The average molecular weight is 272 g/mol. The van der Waals surface area contributed by atoms with Crippen LogP contribution >= 0.6 is 0 Å². The van der Waals surface area contributed by atoms with Gasteiger partial charge < -0.3 is 10.4 Å². The lowest BCUT2D eigenvalue weighted by atomic mass is 10.1. The average Bonchev–Trinajstić information content (AvgIpc) is 2.58. The van der Waals surface area contributed by atoms with E-state index >= 15 is 0 Å². The summed E-state index contributed by atoms with van der Waals surface area (Å²) < 4.78 is 0. The Morgan fingerprint density at radius 2 is 1.89 bits per heavy atom. The second-order valence-electron chi connectivity index (χ2n) is 6.60. The Labute approximate surface area is 116 Å². The molecule has 19 heavy (non-hydrogen) atoms. The van der Waals surface area contributed by atoms with Crippen molar-refractivity contribution in [2.45, 2.75) is 64.4 Å². The number of hydroxylamine groups is 1. The van der Waals surface area contributed by atoms with Crippen LogP contribution in [0.25, 0.3) is 0 Å². The summed E-state index contributed by atoms with van der Waals surface area (Å²) in [6.45, 7) is 10.4. The van der Waals surface area contributed by atoms with E-state index in [1.807, 2.05) is 39.5 Å². The highest BCUT2D eigenvalue weighted by Crippen LogP contribution is 2.28. The highest BCUT2D eigenvalue weighted by Gasteiger charge is 2.43. The van der Waals surface area contributed by atoms with E-state index in [1.54, 1.807) is 7.05 Å². The second kappa shape index (κ2) is 5.75. The molecule has 0 aromatic rings. The van der Waals surface area contributed by atoms with E-state index in [-0.39, 0.29) is 11.6 Å². The molecule has 112 valence electrons. The fourth-order valence-electron chi connectivity index (χ4n) is 2.48. The minimum atomic E-state index is -0.581. The van der Waals surface area contributed by atoms with Gasteiger partial charge in [-0.2, -0.15) is 0 Å². The Morgan fingerprint density at radius 1 is 1.32 bits per heavy atom. The SMILES string of the molecule is CNOC(C)(C)N1C[C@H](O)CC1C(=N)NC(C)(C)C. The number of aliphatic hydroxyl groups excluding tert-OH is 1. The van der Waals surface area contributed by atoms with Crippen LogP contribution in [0.5, 0.6) is 0 Å². The number of rotatable bonds is 4. The number of amidine groups is 1. The minimum Gasteiger partial charge on any atom is -0.392 e. The van der Waals surface area contributed by atoms with Gasteiger partial charge in [0.05, 0.1) is 12.1 Å². The molecule has 0 aliphatic carbocycles. The Hall–Kier alpha value is -0.690. The summed E-state index contributed by atoms with van der Waals surface area (Å²) >= 11 is 0. The van der Waals surface area contributed by atoms with Crippen molar-refractivity contribution in [3.05, 3.63) is 0 Å². The number of nitrogens with zero attached hydrogens (tertiary/aromatic N) is 1. The maximum absolute atomic E-state index is 9.91. The number of β-amino-alcohol motifs (C(OH)–C–C–N with tert-alkyl or cyclic N) is 1. The Kier molecular flexibility index (Phi) is 4.95. The van der Waals surface area contributed by atoms with Gasteiger partial charge in [-0.3, -0.25) is 15.1 Å². The van der Waals surface area contributed by atoms with Gasteiger partial charge in [-0.05, 0) is 41.0 Å². The maximum atomic E-state index is 9.91.